The first-order valence-corrected chi connectivity index (χ1v) is 11.7. The van der Waals surface area contributed by atoms with Crippen LogP contribution < -0.4 is 0 Å². The molecule has 0 amide bonds. The maximum Gasteiger partial charge on any atom is 0.191 e. The van der Waals surface area contributed by atoms with Crippen LogP contribution in [0.15, 0.2) is 65.1 Å². The van der Waals surface area contributed by atoms with Gasteiger partial charge >= 0.3 is 0 Å². The van der Waals surface area contributed by atoms with Crippen molar-refractivity contribution in [2.24, 2.45) is 0 Å². The molecule has 0 aliphatic carbocycles. The van der Waals surface area contributed by atoms with Crippen LogP contribution in [0.25, 0.3) is 10.6 Å². The first kappa shape index (κ1) is 19.9. The van der Waals surface area contributed by atoms with Crippen LogP contribution in [0.5, 0.6) is 0 Å². The van der Waals surface area contributed by atoms with Gasteiger partial charge in [0, 0.05) is 29.7 Å². The van der Waals surface area contributed by atoms with Crippen molar-refractivity contribution in [3.63, 3.8) is 0 Å². The summed E-state index contributed by atoms with van der Waals surface area (Å²) in [5.74, 6) is 1.86. The molecule has 0 radical (unpaired) electrons. The van der Waals surface area contributed by atoms with Gasteiger partial charge in [-0.2, -0.15) is 0 Å². The predicted octanol–water partition coefficient (Wildman–Crippen LogP) is 5.81. The Labute approximate surface area is 180 Å². The quantitative estimate of drug-likeness (QED) is 0.338. The summed E-state index contributed by atoms with van der Waals surface area (Å²) in [7, 11) is 0. The fraction of sp³-hybridized carbons (Fsp3) is 0.261. The molecule has 2 heterocycles. The van der Waals surface area contributed by atoms with E-state index in [9.17, 15) is 0 Å². The monoisotopic (exact) mass is 420 g/mol. The zero-order chi connectivity index (χ0) is 20.1. The van der Waals surface area contributed by atoms with Gasteiger partial charge in [0.25, 0.3) is 0 Å². The minimum absolute atomic E-state index is 0.805. The molecule has 6 heteroatoms. The van der Waals surface area contributed by atoms with E-state index >= 15 is 0 Å². The van der Waals surface area contributed by atoms with Gasteiger partial charge < -0.3 is 4.57 Å². The average Bonchev–Trinajstić information content (AvgIpc) is 3.38. The molecule has 0 spiro atoms. The van der Waals surface area contributed by atoms with Crippen LogP contribution >= 0.6 is 23.1 Å². The minimum Gasteiger partial charge on any atom is -0.306 e. The third-order valence-electron chi connectivity index (χ3n) is 4.76. The van der Waals surface area contributed by atoms with Gasteiger partial charge in [-0.1, -0.05) is 65.9 Å². The van der Waals surface area contributed by atoms with E-state index < -0.39 is 0 Å². The van der Waals surface area contributed by atoms with Gasteiger partial charge in [-0.3, -0.25) is 0 Å². The van der Waals surface area contributed by atoms with Crippen molar-refractivity contribution in [2.45, 2.75) is 44.1 Å². The highest BCUT2D eigenvalue weighted by atomic mass is 32.2. The van der Waals surface area contributed by atoms with E-state index in [4.69, 9.17) is 4.98 Å². The lowest BCUT2D eigenvalue weighted by Gasteiger charge is -2.07. The first-order chi connectivity index (χ1) is 14.2. The van der Waals surface area contributed by atoms with Crippen molar-refractivity contribution < 1.29 is 0 Å². The number of aryl methyl sites for hydroxylation is 3. The van der Waals surface area contributed by atoms with E-state index in [0.717, 1.165) is 46.8 Å². The lowest BCUT2D eigenvalue weighted by atomic mass is 10.1. The van der Waals surface area contributed by atoms with Gasteiger partial charge in [-0.05, 0) is 31.9 Å². The van der Waals surface area contributed by atoms with Gasteiger partial charge in [0.15, 0.2) is 5.16 Å². The molecule has 0 unspecified atom stereocenters. The molecular weight excluding hydrogens is 396 g/mol. The molecule has 0 fully saturated rings. The lowest BCUT2D eigenvalue weighted by molar-refractivity contribution is 0.637. The van der Waals surface area contributed by atoms with Gasteiger partial charge in [0.1, 0.15) is 10.8 Å². The third-order valence-corrected chi connectivity index (χ3v) is 6.70. The van der Waals surface area contributed by atoms with Crippen molar-refractivity contribution in [1.82, 2.24) is 19.7 Å². The molecule has 4 rings (SSSR count). The molecule has 2 aromatic heterocycles. The van der Waals surface area contributed by atoms with E-state index in [0.29, 0.717) is 0 Å². The van der Waals surface area contributed by atoms with Crippen molar-refractivity contribution >= 4 is 23.1 Å². The maximum atomic E-state index is 4.82. The molecule has 0 bridgehead atoms. The Morgan fingerprint density at radius 3 is 2.66 bits per heavy atom. The second-order valence-corrected chi connectivity index (χ2v) is 8.73. The van der Waals surface area contributed by atoms with E-state index in [2.05, 4.69) is 88.6 Å². The van der Waals surface area contributed by atoms with Gasteiger partial charge in [-0.15, -0.1) is 21.5 Å². The Balaban J connectivity index is 1.40. The highest BCUT2D eigenvalue weighted by Crippen LogP contribution is 2.28. The Hall–Kier alpha value is -2.44. The summed E-state index contributed by atoms with van der Waals surface area (Å²) in [6.45, 7) is 5.14. The molecule has 0 saturated carbocycles. The zero-order valence-corrected chi connectivity index (χ0v) is 18.3. The molecule has 0 N–H and O–H groups in total. The number of hydrogen-bond donors (Lipinski definition) is 0. The Bertz CT molecular complexity index is 1070. The Morgan fingerprint density at radius 1 is 1.00 bits per heavy atom. The maximum absolute atomic E-state index is 4.82. The Morgan fingerprint density at radius 2 is 1.86 bits per heavy atom. The van der Waals surface area contributed by atoms with Crippen LogP contribution in [0.2, 0.25) is 0 Å². The minimum atomic E-state index is 0.805. The molecule has 4 aromatic rings. The lowest BCUT2D eigenvalue weighted by Crippen LogP contribution is -2.05. The summed E-state index contributed by atoms with van der Waals surface area (Å²) in [5.41, 5.74) is 4.87. The SMILES string of the molecule is CCn1c(CCc2ccccc2)nnc1SCc1csc(-c2cccc(C)c2)n1. The standard InChI is InChI=1S/C23H24N4S2/c1-3-27-21(13-12-18-9-5-4-6-10-18)25-26-23(27)29-16-20-15-28-22(24-20)19-11-7-8-17(2)14-19/h4-11,14-15H,3,12-13,16H2,1-2H3. The van der Waals surface area contributed by atoms with Gasteiger partial charge in [0.05, 0.1) is 5.69 Å². The van der Waals surface area contributed by atoms with Crippen LogP contribution in [0, 0.1) is 6.92 Å². The van der Waals surface area contributed by atoms with E-state index in [-0.39, 0.29) is 0 Å². The third kappa shape index (κ3) is 4.95. The van der Waals surface area contributed by atoms with E-state index in [1.165, 1.54) is 16.7 Å². The number of thioether (sulfide) groups is 1. The molecule has 0 atom stereocenters. The highest BCUT2D eigenvalue weighted by Gasteiger charge is 2.13. The zero-order valence-electron chi connectivity index (χ0n) is 16.7. The fourth-order valence-corrected chi connectivity index (χ4v) is 5.09. The van der Waals surface area contributed by atoms with Crippen LogP contribution in [-0.4, -0.2) is 19.7 Å². The fourth-order valence-electron chi connectivity index (χ4n) is 3.25. The molecule has 0 saturated heterocycles. The predicted molar refractivity (Wildman–Crippen MR) is 121 cm³/mol. The van der Waals surface area contributed by atoms with Crippen LogP contribution in [-0.2, 0) is 25.1 Å². The molecule has 2 aromatic carbocycles. The largest absolute Gasteiger partial charge is 0.306 e. The number of aromatic nitrogens is 4. The van der Waals surface area contributed by atoms with Crippen molar-refractivity contribution in [3.05, 3.63) is 82.6 Å². The first-order valence-electron chi connectivity index (χ1n) is 9.83. The topological polar surface area (TPSA) is 43.6 Å². The van der Waals surface area contributed by atoms with E-state index in [1.54, 1.807) is 23.1 Å². The number of nitrogens with zero attached hydrogens (tertiary/aromatic N) is 4. The summed E-state index contributed by atoms with van der Waals surface area (Å²) in [6.07, 6.45) is 1.88. The molecular formula is C23H24N4S2. The average molecular weight is 421 g/mol. The molecule has 0 aliphatic heterocycles. The summed E-state index contributed by atoms with van der Waals surface area (Å²) in [4.78, 5) is 4.82. The summed E-state index contributed by atoms with van der Waals surface area (Å²) < 4.78 is 2.22. The second-order valence-electron chi connectivity index (χ2n) is 6.93. The summed E-state index contributed by atoms with van der Waals surface area (Å²) in [5, 5.41) is 13.1. The number of thiazole rings is 1. The second kappa shape index (κ2) is 9.37. The summed E-state index contributed by atoms with van der Waals surface area (Å²) >= 11 is 3.41. The van der Waals surface area contributed by atoms with Crippen LogP contribution in [0.4, 0.5) is 0 Å². The van der Waals surface area contributed by atoms with Crippen LogP contribution in [0.3, 0.4) is 0 Å². The molecule has 0 aliphatic rings. The van der Waals surface area contributed by atoms with Crippen LogP contribution in [0.1, 0.15) is 29.6 Å². The Kier molecular flexibility index (Phi) is 6.42. The van der Waals surface area contributed by atoms with Crippen molar-refractivity contribution in [3.8, 4) is 10.6 Å². The molecule has 29 heavy (non-hydrogen) atoms. The number of rotatable bonds is 8. The molecule has 4 nitrogen and oxygen atoms in total. The number of hydrogen-bond acceptors (Lipinski definition) is 5. The highest BCUT2D eigenvalue weighted by molar-refractivity contribution is 7.98. The smallest absolute Gasteiger partial charge is 0.191 e. The van der Waals surface area contributed by atoms with Gasteiger partial charge in [-0.25, -0.2) is 4.98 Å². The normalized spacial score (nSPS) is 11.1. The van der Waals surface area contributed by atoms with Crippen molar-refractivity contribution in [1.29, 1.82) is 0 Å². The van der Waals surface area contributed by atoms with Crippen molar-refractivity contribution in [2.75, 3.05) is 0 Å². The molecule has 148 valence electrons. The van der Waals surface area contributed by atoms with Gasteiger partial charge in [0.2, 0.25) is 0 Å². The number of benzene rings is 2. The summed E-state index contributed by atoms with van der Waals surface area (Å²) in [6, 6.07) is 19.0. The van der Waals surface area contributed by atoms with E-state index in [1.807, 2.05) is 0 Å².